The second kappa shape index (κ2) is 16.5. The van der Waals surface area contributed by atoms with E-state index in [0.29, 0.717) is 48.8 Å². The molecule has 2 saturated heterocycles. The van der Waals surface area contributed by atoms with E-state index >= 15 is 0 Å². The molecule has 280 valence electrons. The summed E-state index contributed by atoms with van der Waals surface area (Å²) in [5.74, 6) is 0.169. The molecular formula is C46H46N4O5. The van der Waals surface area contributed by atoms with Gasteiger partial charge in [0, 0.05) is 41.5 Å². The monoisotopic (exact) mass is 734 g/mol. The number of hydrogen-bond donors (Lipinski definition) is 3. The van der Waals surface area contributed by atoms with Gasteiger partial charge in [0.1, 0.15) is 29.8 Å². The van der Waals surface area contributed by atoms with Crippen molar-refractivity contribution in [1.29, 1.82) is 0 Å². The molecule has 1 aromatic heterocycles. The maximum atomic E-state index is 13.6. The molecule has 5 atom stereocenters. The van der Waals surface area contributed by atoms with Gasteiger partial charge in [0.2, 0.25) is 17.7 Å². The Labute approximate surface area is 322 Å². The molecule has 4 aromatic carbocycles. The van der Waals surface area contributed by atoms with Crippen LogP contribution in [0.4, 0.5) is 11.4 Å². The maximum absolute atomic E-state index is 13.6. The van der Waals surface area contributed by atoms with Gasteiger partial charge >= 0.3 is 0 Å². The topological polar surface area (TPSA) is 115 Å². The lowest BCUT2D eigenvalue weighted by molar-refractivity contribution is -0.137. The van der Waals surface area contributed by atoms with E-state index in [-0.39, 0.29) is 29.6 Å². The van der Waals surface area contributed by atoms with Gasteiger partial charge in [-0.1, -0.05) is 73.3 Å². The summed E-state index contributed by atoms with van der Waals surface area (Å²) in [6.07, 6.45) is 2.81. The summed E-state index contributed by atoms with van der Waals surface area (Å²) in [4.78, 5) is 43.7. The minimum atomic E-state index is -0.936. The van der Waals surface area contributed by atoms with Gasteiger partial charge in [-0.2, -0.15) is 0 Å². The first-order valence-corrected chi connectivity index (χ1v) is 18.8. The molecule has 3 heterocycles. The van der Waals surface area contributed by atoms with Crippen molar-refractivity contribution in [2.45, 2.75) is 56.3 Å². The molecule has 2 aliphatic rings. The van der Waals surface area contributed by atoms with Gasteiger partial charge in [-0.15, -0.1) is 6.58 Å². The average Bonchev–Trinajstić information content (AvgIpc) is 4.00. The first-order chi connectivity index (χ1) is 26.7. The highest BCUT2D eigenvalue weighted by atomic mass is 16.3. The summed E-state index contributed by atoms with van der Waals surface area (Å²) < 4.78 is 6.21. The molecule has 5 unspecified atom stereocenters. The number of aliphatic hydroxyl groups is 1. The molecule has 7 rings (SSSR count). The highest BCUT2D eigenvalue weighted by Gasteiger charge is 2.40. The van der Waals surface area contributed by atoms with Crippen molar-refractivity contribution >= 4 is 29.1 Å². The molecule has 0 bridgehead atoms. The summed E-state index contributed by atoms with van der Waals surface area (Å²) in [5, 5.41) is 17.4. The van der Waals surface area contributed by atoms with Gasteiger partial charge in [0.15, 0.2) is 0 Å². The molecule has 0 aliphatic carbocycles. The Morgan fingerprint density at radius 3 is 1.87 bits per heavy atom. The van der Waals surface area contributed by atoms with Crippen molar-refractivity contribution in [3.63, 3.8) is 0 Å². The van der Waals surface area contributed by atoms with Gasteiger partial charge in [0.25, 0.3) is 0 Å². The molecule has 9 heteroatoms. The first-order valence-electron chi connectivity index (χ1n) is 18.8. The second-order valence-corrected chi connectivity index (χ2v) is 14.3. The second-order valence-electron chi connectivity index (χ2n) is 14.3. The quantitative estimate of drug-likeness (QED) is 0.111. The number of carbonyl (C=O) groups excluding carboxylic acids is 3. The van der Waals surface area contributed by atoms with Gasteiger partial charge < -0.3 is 25.1 Å². The fourth-order valence-corrected chi connectivity index (χ4v) is 7.66. The number of furan rings is 1. The molecule has 9 nitrogen and oxygen atoms in total. The number of nitrogens with one attached hydrogen (secondary N) is 2. The lowest BCUT2D eigenvalue weighted by Crippen LogP contribution is -2.48. The number of carbonyl (C=O) groups is 3. The molecule has 2 fully saturated rings. The van der Waals surface area contributed by atoms with Crippen LogP contribution in [0.25, 0.3) is 22.6 Å². The average molecular weight is 735 g/mol. The van der Waals surface area contributed by atoms with Crippen LogP contribution in [-0.2, 0) is 14.4 Å². The minimum absolute atomic E-state index is 0.0352. The number of hydrogen-bond acceptors (Lipinski definition) is 6. The highest BCUT2D eigenvalue weighted by molar-refractivity contribution is 5.99. The molecule has 5 aromatic rings. The summed E-state index contributed by atoms with van der Waals surface area (Å²) in [6, 6.07) is 36.8. The number of nitrogens with zero attached hydrogens (tertiary/aromatic N) is 2. The molecule has 3 N–H and O–H groups in total. The zero-order chi connectivity index (χ0) is 38.5. The highest BCUT2D eigenvalue weighted by Crippen LogP contribution is 2.33. The van der Waals surface area contributed by atoms with Crippen LogP contribution in [-0.4, -0.2) is 64.0 Å². The van der Waals surface area contributed by atoms with E-state index in [4.69, 9.17) is 4.42 Å². The number of amides is 3. The normalized spacial score (nSPS) is 18.7. The van der Waals surface area contributed by atoms with E-state index in [1.165, 1.54) is 0 Å². The van der Waals surface area contributed by atoms with Crippen molar-refractivity contribution in [3.8, 4) is 22.6 Å². The molecule has 3 amide bonds. The number of rotatable bonds is 12. The van der Waals surface area contributed by atoms with Crippen LogP contribution in [0.2, 0.25) is 0 Å². The van der Waals surface area contributed by atoms with Gasteiger partial charge in [0.05, 0.1) is 5.92 Å². The maximum Gasteiger partial charge on any atom is 0.247 e. The SMILES string of the molecule is C=CC(c1ccccc1)C(O)N1CCC(=C)C1C(=O)Nc1ccc(-c2ccc(-c3ccc(NC(=O)C4CCCN4C(=O)C(C)c4ccccc4)cc3)o2)cc1. The Kier molecular flexibility index (Phi) is 11.2. The van der Waals surface area contributed by atoms with Crippen molar-refractivity contribution in [2.24, 2.45) is 0 Å². The van der Waals surface area contributed by atoms with Crippen LogP contribution in [0.3, 0.4) is 0 Å². The number of likely N-dealkylation sites (tertiary alicyclic amines) is 2. The van der Waals surface area contributed by atoms with Crippen LogP contribution in [0.15, 0.2) is 151 Å². The third-order valence-corrected chi connectivity index (χ3v) is 10.7. The Morgan fingerprint density at radius 1 is 0.764 bits per heavy atom. The molecule has 55 heavy (non-hydrogen) atoms. The van der Waals surface area contributed by atoms with E-state index in [9.17, 15) is 19.5 Å². The number of aliphatic hydroxyl groups excluding tert-OH is 1. The Hall–Kier alpha value is -6.03. The fourth-order valence-electron chi connectivity index (χ4n) is 7.66. The van der Waals surface area contributed by atoms with E-state index in [0.717, 1.165) is 34.2 Å². The fraction of sp³-hybridized carbons (Fsp3) is 0.239. The van der Waals surface area contributed by atoms with Gasteiger partial charge in [-0.3, -0.25) is 19.3 Å². The van der Waals surface area contributed by atoms with Crippen LogP contribution in [0.1, 0.15) is 49.1 Å². The molecular weight excluding hydrogens is 689 g/mol. The lowest BCUT2D eigenvalue weighted by Gasteiger charge is -2.33. The van der Waals surface area contributed by atoms with Gasteiger partial charge in [-0.25, -0.2) is 0 Å². The van der Waals surface area contributed by atoms with E-state index < -0.39 is 18.3 Å². The zero-order valence-electron chi connectivity index (χ0n) is 30.9. The standard InChI is InChI=1S/C46H46N4O5/c1-4-38(33-14-9-6-10-15-33)46(54)50-29-27-30(2)42(50)44(52)48-37-23-19-35(20-24-37)41-26-25-40(55-41)34-17-21-36(22-18-34)47-43(51)39-16-11-28-49(39)45(53)31(3)32-12-7-5-8-13-32/h4-10,12-15,17-26,31,38-39,42,46,54H,1-2,11,16,27-29H2,3H3,(H,47,51)(H,48,52). The lowest BCUT2D eigenvalue weighted by atomic mass is 9.96. The summed E-state index contributed by atoms with van der Waals surface area (Å²) in [7, 11) is 0. The van der Waals surface area contributed by atoms with Crippen LogP contribution < -0.4 is 10.6 Å². The third kappa shape index (κ3) is 8.09. The summed E-state index contributed by atoms with van der Waals surface area (Å²) in [6.45, 7) is 11.1. The molecule has 2 aliphatic heterocycles. The Bertz CT molecular complexity index is 2150. The molecule has 0 saturated carbocycles. The van der Waals surface area contributed by atoms with Crippen LogP contribution >= 0.6 is 0 Å². The van der Waals surface area contributed by atoms with Crippen molar-refractivity contribution in [3.05, 3.63) is 157 Å². The Balaban J connectivity index is 0.953. The van der Waals surface area contributed by atoms with E-state index in [2.05, 4.69) is 23.8 Å². The first kappa shape index (κ1) is 37.3. The largest absolute Gasteiger partial charge is 0.456 e. The molecule has 0 radical (unpaired) electrons. The van der Waals surface area contributed by atoms with E-state index in [1.807, 2.05) is 128 Å². The summed E-state index contributed by atoms with van der Waals surface area (Å²) in [5.41, 5.74) is 5.56. The smallest absolute Gasteiger partial charge is 0.247 e. The third-order valence-electron chi connectivity index (χ3n) is 10.7. The van der Waals surface area contributed by atoms with Crippen molar-refractivity contribution < 1.29 is 23.9 Å². The number of benzene rings is 4. The zero-order valence-corrected chi connectivity index (χ0v) is 30.9. The van der Waals surface area contributed by atoms with Crippen LogP contribution in [0.5, 0.6) is 0 Å². The van der Waals surface area contributed by atoms with Crippen molar-refractivity contribution in [2.75, 3.05) is 23.7 Å². The predicted molar refractivity (Wildman–Crippen MR) is 216 cm³/mol. The van der Waals surface area contributed by atoms with Gasteiger partial charge in [-0.05, 0) is 104 Å². The predicted octanol–water partition coefficient (Wildman–Crippen LogP) is 8.20. The van der Waals surface area contributed by atoms with E-state index in [1.54, 1.807) is 15.9 Å². The molecule has 0 spiro atoms. The Morgan fingerprint density at radius 2 is 1.31 bits per heavy atom. The van der Waals surface area contributed by atoms with Crippen molar-refractivity contribution in [1.82, 2.24) is 9.80 Å². The number of anilines is 2. The van der Waals surface area contributed by atoms with Crippen LogP contribution in [0, 0.1) is 0 Å². The minimum Gasteiger partial charge on any atom is -0.456 e. The summed E-state index contributed by atoms with van der Waals surface area (Å²) >= 11 is 0.